The molecule has 0 aromatic heterocycles. The molecule has 1 aliphatic carbocycles. The van der Waals surface area contributed by atoms with Crippen molar-refractivity contribution in [3.05, 3.63) is 0 Å². The quantitative estimate of drug-likeness (QED) is 0.786. The van der Waals surface area contributed by atoms with Crippen LogP contribution in [0.5, 0.6) is 0 Å². The maximum absolute atomic E-state index is 10.00. The topological polar surface area (TPSA) is 35.5 Å². The van der Waals surface area contributed by atoms with E-state index >= 15 is 0 Å². The second-order valence-corrected chi connectivity index (χ2v) is 7.75. The first-order chi connectivity index (χ1) is 9.45. The van der Waals surface area contributed by atoms with Crippen molar-refractivity contribution in [2.45, 2.75) is 71.6 Å². The van der Waals surface area contributed by atoms with Crippen LogP contribution in [0.25, 0.3) is 0 Å². The van der Waals surface area contributed by atoms with E-state index in [0.717, 1.165) is 37.4 Å². The average Bonchev–Trinajstić information content (AvgIpc) is 2.34. The Morgan fingerprint density at radius 2 is 1.85 bits per heavy atom. The van der Waals surface area contributed by atoms with E-state index < -0.39 is 0 Å². The van der Waals surface area contributed by atoms with E-state index in [4.69, 9.17) is 0 Å². The van der Waals surface area contributed by atoms with Crippen LogP contribution >= 0.6 is 0 Å². The first-order valence-corrected chi connectivity index (χ1v) is 8.61. The van der Waals surface area contributed by atoms with Gasteiger partial charge in [-0.3, -0.25) is 4.90 Å². The lowest BCUT2D eigenvalue weighted by atomic mass is 9.78. The minimum Gasteiger partial charge on any atom is -0.393 e. The smallest absolute Gasteiger partial charge is 0.0553 e. The minimum atomic E-state index is -0.176. The monoisotopic (exact) mass is 282 g/mol. The molecule has 3 nitrogen and oxygen atoms in total. The molecule has 1 heterocycles. The second kappa shape index (κ2) is 7.24. The van der Waals surface area contributed by atoms with E-state index in [0.29, 0.717) is 12.0 Å². The number of likely N-dealkylation sites (tertiary alicyclic amines) is 1. The van der Waals surface area contributed by atoms with E-state index in [1.54, 1.807) is 0 Å². The van der Waals surface area contributed by atoms with Gasteiger partial charge in [0, 0.05) is 25.2 Å². The van der Waals surface area contributed by atoms with Gasteiger partial charge < -0.3 is 10.4 Å². The third kappa shape index (κ3) is 4.44. The number of hydrogen-bond acceptors (Lipinski definition) is 3. The third-order valence-electron chi connectivity index (χ3n) is 5.21. The van der Waals surface area contributed by atoms with Crippen LogP contribution < -0.4 is 5.32 Å². The summed E-state index contributed by atoms with van der Waals surface area (Å²) >= 11 is 0. The van der Waals surface area contributed by atoms with Crippen molar-refractivity contribution in [1.29, 1.82) is 0 Å². The number of aliphatic hydroxyl groups excluding tert-OH is 1. The van der Waals surface area contributed by atoms with Gasteiger partial charge in [-0.15, -0.1) is 0 Å². The molecule has 2 rings (SSSR count). The molecule has 1 aliphatic heterocycles. The number of rotatable bonds is 6. The average molecular weight is 282 g/mol. The Morgan fingerprint density at radius 3 is 2.40 bits per heavy atom. The summed E-state index contributed by atoms with van der Waals surface area (Å²) in [5.74, 6) is 2.11. The number of nitrogens with zero attached hydrogens (tertiary/aromatic N) is 1. The molecular formula is C17H34N2O. The molecule has 118 valence electrons. The highest BCUT2D eigenvalue weighted by molar-refractivity contribution is 4.93. The van der Waals surface area contributed by atoms with Gasteiger partial charge in [-0.05, 0) is 56.9 Å². The summed E-state index contributed by atoms with van der Waals surface area (Å²) in [6, 6.07) is 1.35. The molecule has 3 unspecified atom stereocenters. The molecule has 20 heavy (non-hydrogen) atoms. The van der Waals surface area contributed by atoms with Gasteiger partial charge in [-0.1, -0.05) is 20.8 Å². The highest BCUT2D eigenvalue weighted by Gasteiger charge is 2.37. The van der Waals surface area contributed by atoms with Crippen molar-refractivity contribution in [2.24, 2.45) is 17.8 Å². The second-order valence-electron chi connectivity index (χ2n) is 7.75. The fraction of sp³-hybridized carbons (Fsp3) is 1.00. The molecular weight excluding hydrogens is 248 g/mol. The molecule has 3 heteroatoms. The van der Waals surface area contributed by atoms with Crippen LogP contribution in [0.3, 0.4) is 0 Å². The summed E-state index contributed by atoms with van der Waals surface area (Å²) in [6.45, 7) is 12.3. The Balaban J connectivity index is 1.84. The number of hydrogen-bond donors (Lipinski definition) is 2. The molecule has 0 spiro atoms. The highest BCUT2D eigenvalue weighted by Crippen LogP contribution is 2.34. The van der Waals surface area contributed by atoms with Crippen LogP contribution in [0.1, 0.15) is 53.4 Å². The highest BCUT2D eigenvalue weighted by atomic mass is 16.3. The molecule has 0 radical (unpaired) electrons. The molecule has 0 aromatic rings. The lowest BCUT2D eigenvalue weighted by Gasteiger charge is -2.48. The van der Waals surface area contributed by atoms with Gasteiger partial charge in [0.2, 0.25) is 0 Å². The SMILES string of the molecule is CC(C)CCNC1CC(C(C)O)CN(C2CC(C)C2)C1. The summed E-state index contributed by atoms with van der Waals surface area (Å²) in [4.78, 5) is 2.65. The maximum atomic E-state index is 10.00. The Morgan fingerprint density at radius 1 is 1.15 bits per heavy atom. The Kier molecular flexibility index (Phi) is 5.88. The fourth-order valence-electron chi connectivity index (χ4n) is 3.70. The van der Waals surface area contributed by atoms with E-state index in [9.17, 15) is 5.11 Å². The van der Waals surface area contributed by atoms with Gasteiger partial charge in [0.1, 0.15) is 0 Å². The van der Waals surface area contributed by atoms with Crippen LogP contribution in [0.4, 0.5) is 0 Å². The lowest BCUT2D eigenvalue weighted by Crippen LogP contribution is -2.57. The summed E-state index contributed by atoms with van der Waals surface area (Å²) in [7, 11) is 0. The van der Waals surface area contributed by atoms with Crippen molar-refractivity contribution in [3.8, 4) is 0 Å². The van der Waals surface area contributed by atoms with Crippen LogP contribution in [0.2, 0.25) is 0 Å². The van der Waals surface area contributed by atoms with E-state index in [2.05, 4.69) is 31.0 Å². The van der Waals surface area contributed by atoms with Crippen molar-refractivity contribution in [3.63, 3.8) is 0 Å². The van der Waals surface area contributed by atoms with Crippen molar-refractivity contribution < 1.29 is 5.11 Å². The van der Waals surface area contributed by atoms with Crippen LogP contribution in [0, 0.1) is 17.8 Å². The van der Waals surface area contributed by atoms with Crippen LogP contribution in [0.15, 0.2) is 0 Å². The largest absolute Gasteiger partial charge is 0.393 e. The third-order valence-corrected chi connectivity index (χ3v) is 5.21. The number of nitrogens with one attached hydrogen (secondary N) is 1. The van der Waals surface area contributed by atoms with Crippen LogP contribution in [-0.4, -0.2) is 47.8 Å². The fourth-order valence-corrected chi connectivity index (χ4v) is 3.70. The summed E-state index contributed by atoms with van der Waals surface area (Å²) in [5.41, 5.74) is 0. The van der Waals surface area contributed by atoms with E-state index in [-0.39, 0.29) is 6.10 Å². The van der Waals surface area contributed by atoms with Crippen molar-refractivity contribution in [2.75, 3.05) is 19.6 Å². The zero-order valence-corrected chi connectivity index (χ0v) is 13.8. The minimum absolute atomic E-state index is 0.176. The van der Waals surface area contributed by atoms with Gasteiger partial charge in [0.05, 0.1) is 6.10 Å². The summed E-state index contributed by atoms with van der Waals surface area (Å²) in [5, 5.41) is 13.7. The predicted octanol–water partition coefficient (Wildman–Crippen LogP) is 2.49. The van der Waals surface area contributed by atoms with E-state index in [1.165, 1.54) is 25.8 Å². The predicted molar refractivity (Wildman–Crippen MR) is 84.8 cm³/mol. The Bertz CT molecular complexity index is 287. The molecule has 3 atom stereocenters. The number of piperidine rings is 1. The van der Waals surface area contributed by atoms with Gasteiger partial charge in [-0.25, -0.2) is 0 Å². The molecule has 2 N–H and O–H groups in total. The molecule has 2 aliphatic rings. The van der Waals surface area contributed by atoms with Crippen molar-refractivity contribution >= 4 is 0 Å². The van der Waals surface area contributed by atoms with Gasteiger partial charge in [-0.2, -0.15) is 0 Å². The standard InChI is InChI=1S/C17H34N2O/c1-12(2)5-6-18-16-9-15(14(4)20)10-19(11-16)17-7-13(3)8-17/h12-18,20H,5-11H2,1-4H3. The first-order valence-electron chi connectivity index (χ1n) is 8.61. The van der Waals surface area contributed by atoms with Crippen LogP contribution in [-0.2, 0) is 0 Å². The Hall–Kier alpha value is -0.120. The molecule has 2 fully saturated rings. The molecule has 1 saturated heterocycles. The van der Waals surface area contributed by atoms with Crippen molar-refractivity contribution in [1.82, 2.24) is 10.2 Å². The molecule has 0 aromatic carbocycles. The zero-order valence-electron chi connectivity index (χ0n) is 13.8. The first kappa shape index (κ1) is 16.3. The molecule has 0 bridgehead atoms. The summed E-state index contributed by atoms with van der Waals surface area (Å²) < 4.78 is 0. The van der Waals surface area contributed by atoms with Gasteiger partial charge in [0.25, 0.3) is 0 Å². The Labute approximate surface area is 125 Å². The molecule has 1 saturated carbocycles. The van der Waals surface area contributed by atoms with Gasteiger partial charge >= 0.3 is 0 Å². The molecule has 0 amide bonds. The number of aliphatic hydroxyl groups is 1. The maximum Gasteiger partial charge on any atom is 0.0553 e. The zero-order chi connectivity index (χ0) is 14.7. The summed E-state index contributed by atoms with van der Waals surface area (Å²) in [6.07, 6.45) is 4.91. The normalized spacial score (nSPS) is 36.9. The van der Waals surface area contributed by atoms with E-state index in [1.807, 2.05) is 6.92 Å². The lowest BCUT2D eigenvalue weighted by molar-refractivity contribution is -0.00293. The van der Waals surface area contributed by atoms with Gasteiger partial charge in [0.15, 0.2) is 0 Å².